The summed E-state index contributed by atoms with van der Waals surface area (Å²) in [6.45, 7) is 4.45. The van der Waals surface area contributed by atoms with E-state index in [1.54, 1.807) is 0 Å². The molecule has 0 aromatic heterocycles. The fraction of sp³-hybridized carbons (Fsp3) is 0.900. The average Bonchev–Trinajstić information content (AvgIpc) is 2.41. The molecule has 1 unspecified atom stereocenters. The van der Waals surface area contributed by atoms with Gasteiger partial charge >= 0.3 is 0 Å². The van der Waals surface area contributed by atoms with E-state index in [1.165, 1.54) is 12.8 Å². The molecule has 0 spiro atoms. The molecule has 0 aliphatic carbocycles. The molecule has 0 saturated carbocycles. The average molecular weight is 184 g/mol. The third-order valence-corrected chi connectivity index (χ3v) is 2.76. The van der Waals surface area contributed by atoms with E-state index in [2.05, 4.69) is 0 Å². The van der Waals surface area contributed by atoms with Gasteiger partial charge in [0.2, 0.25) is 5.91 Å². The topological polar surface area (TPSA) is 46.3 Å². The summed E-state index contributed by atoms with van der Waals surface area (Å²) >= 11 is 0. The van der Waals surface area contributed by atoms with Crippen molar-refractivity contribution >= 4 is 5.91 Å². The van der Waals surface area contributed by atoms with Gasteiger partial charge in [0.05, 0.1) is 0 Å². The fourth-order valence-corrected chi connectivity index (χ4v) is 1.87. The Balaban J connectivity index is 2.48. The predicted molar refractivity (Wildman–Crippen MR) is 53.3 cm³/mol. The van der Waals surface area contributed by atoms with Gasteiger partial charge in [-0.25, -0.2) is 0 Å². The molecule has 0 aromatic rings. The summed E-state index contributed by atoms with van der Waals surface area (Å²) in [5.74, 6) is 0.804. The first kappa shape index (κ1) is 10.5. The molecule has 1 aliphatic rings. The molecule has 0 aromatic carbocycles. The van der Waals surface area contributed by atoms with Crippen molar-refractivity contribution in [3.05, 3.63) is 0 Å². The van der Waals surface area contributed by atoms with Gasteiger partial charge in [0.15, 0.2) is 0 Å². The summed E-state index contributed by atoms with van der Waals surface area (Å²) in [7, 11) is 0. The largest absolute Gasteiger partial charge is 0.342 e. The third-order valence-electron chi connectivity index (χ3n) is 2.76. The normalized spacial score (nSPS) is 24.2. The number of amides is 1. The quantitative estimate of drug-likeness (QED) is 0.695. The van der Waals surface area contributed by atoms with Gasteiger partial charge in [-0.2, -0.15) is 0 Å². The Morgan fingerprint density at radius 2 is 2.31 bits per heavy atom. The van der Waals surface area contributed by atoms with E-state index in [0.717, 1.165) is 19.5 Å². The zero-order valence-electron chi connectivity index (χ0n) is 8.46. The highest BCUT2D eigenvalue weighted by Gasteiger charge is 2.19. The Hall–Kier alpha value is -0.570. The second-order valence-electron chi connectivity index (χ2n) is 3.79. The first-order valence-electron chi connectivity index (χ1n) is 5.25. The lowest BCUT2D eigenvalue weighted by Gasteiger charge is -2.23. The Morgan fingerprint density at radius 3 is 2.92 bits per heavy atom. The van der Waals surface area contributed by atoms with Crippen molar-refractivity contribution in [1.82, 2.24) is 4.90 Å². The number of nitrogens with zero attached hydrogens (tertiary/aromatic N) is 1. The molecule has 1 saturated heterocycles. The zero-order chi connectivity index (χ0) is 9.68. The van der Waals surface area contributed by atoms with Gasteiger partial charge in [0, 0.05) is 19.5 Å². The highest BCUT2D eigenvalue weighted by molar-refractivity contribution is 5.75. The Bertz CT molecular complexity index is 170. The molecule has 76 valence electrons. The van der Waals surface area contributed by atoms with Gasteiger partial charge in [0.1, 0.15) is 0 Å². The molecule has 0 bridgehead atoms. The van der Waals surface area contributed by atoms with E-state index in [1.807, 2.05) is 11.8 Å². The van der Waals surface area contributed by atoms with Crippen LogP contribution in [0, 0.1) is 5.92 Å². The van der Waals surface area contributed by atoms with E-state index < -0.39 is 0 Å². The summed E-state index contributed by atoms with van der Waals surface area (Å²) in [5.41, 5.74) is 5.64. The SMILES string of the molecule is CCC(=O)N1CCCCC(CN)C1. The van der Waals surface area contributed by atoms with E-state index >= 15 is 0 Å². The summed E-state index contributed by atoms with van der Waals surface area (Å²) in [4.78, 5) is 13.4. The Kier molecular flexibility index (Phi) is 4.22. The monoisotopic (exact) mass is 184 g/mol. The fourth-order valence-electron chi connectivity index (χ4n) is 1.87. The van der Waals surface area contributed by atoms with E-state index in [4.69, 9.17) is 5.73 Å². The number of nitrogens with two attached hydrogens (primary N) is 1. The highest BCUT2D eigenvalue weighted by Crippen LogP contribution is 2.15. The first-order chi connectivity index (χ1) is 6.27. The van der Waals surface area contributed by atoms with Crippen LogP contribution < -0.4 is 5.73 Å². The smallest absolute Gasteiger partial charge is 0.222 e. The van der Waals surface area contributed by atoms with E-state index in [-0.39, 0.29) is 5.91 Å². The summed E-state index contributed by atoms with van der Waals surface area (Å²) in [6.07, 6.45) is 4.17. The van der Waals surface area contributed by atoms with E-state index in [9.17, 15) is 4.79 Å². The molecule has 3 heteroatoms. The van der Waals surface area contributed by atoms with Crippen molar-refractivity contribution in [2.24, 2.45) is 11.7 Å². The lowest BCUT2D eigenvalue weighted by molar-refractivity contribution is -0.131. The Labute approximate surface area is 80.3 Å². The van der Waals surface area contributed by atoms with Crippen LogP contribution in [0.25, 0.3) is 0 Å². The molecule has 1 fully saturated rings. The molecule has 1 aliphatic heterocycles. The molecule has 1 atom stereocenters. The van der Waals surface area contributed by atoms with Crippen LogP contribution in [0.15, 0.2) is 0 Å². The van der Waals surface area contributed by atoms with Crippen molar-refractivity contribution in [3.8, 4) is 0 Å². The number of hydrogen-bond donors (Lipinski definition) is 1. The van der Waals surface area contributed by atoms with Gasteiger partial charge in [-0.05, 0) is 25.3 Å². The number of carbonyl (C=O) groups is 1. The molecule has 13 heavy (non-hydrogen) atoms. The molecule has 0 radical (unpaired) electrons. The van der Waals surface area contributed by atoms with Crippen LogP contribution in [0.2, 0.25) is 0 Å². The standard InChI is InChI=1S/C10H20N2O/c1-2-10(13)12-6-4-3-5-9(7-11)8-12/h9H,2-8,11H2,1H3. The van der Waals surface area contributed by atoms with Gasteiger partial charge < -0.3 is 10.6 Å². The van der Waals surface area contributed by atoms with Crippen LogP contribution in [0.1, 0.15) is 32.6 Å². The summed E-state index contributed by atoms with van der Waals surface area (Å²) in [6, 6.07) is 0. The molecule has 1 rings (SSSR count). The van der Waals surface area contributed by atoms with Crippen molar-refractivity contribution in [1.29, 1.82) is 0 Å². The number of likely N-dealkylation sites (tertiary alicyclic amines) is 1. The van der Waals surface area contributed by atoms with Crippen LogP contribution >= 0.6 is 0 Å². The second kappa shape index (κ2) is 5.22. The van der Waals surface area contributed by atoms with Gasteiger partial charge in [0.25, 0.3) is 0 Å². The van der Waals surface area contributed by atoms with Crippen LogP contribution in [-0.2, 0) is 4.79 Å². The minimum Gasteiger partial charge on any atom is -0.342 e. The molecular weight excluding hydrogens is 164 g/mol. The minimum absolute atomic E-state index is 0.278. The third kappa shape index (κ3) is 2.99. The highest BCUT2D eigenvalue weighted by atomic mass is 16.2. The van der Waals surface area contributed by atoms with Crippen LogP contribution in [0.5, 0.6) is 0 Å². The molecule has 2 N–H and O–H groups in total. The zero-order valence-corrected chi connectivity index (χ0v) is 8.46. The number of carbonyl (C=O) groups excluding carboxylic acids is 1. The van der Waals surface area contributed by atoms with Crippen LogP contribution in [0.3, 0.4) is 0 Å². The maximum Gasteiger partial charge on any atom is 0.222 e. The predicted octanol–water partition coefficient (Wildman–Crippen LogP) is 0.984. The van der Waals surface area contributed by atoms with Crippen LogP contribution in [-0.4, -0.2) is 30.4 Å². The van der Waals surface area contributed by atoms with Crippen molar-refractivity contribution < 1.29 is 4.79 Å². The summed E-state index contributed by atoms with van der Waals surface area (Å²) in [5, 5.41) is 0. The summed E-state index contributed by atoms with van der Waals surface area (Å²) < 4.78 is 0. The van der Waals surface area contributed by atoms with Gasteiger partial charge in [-0.1, -0.05) is 13.3 Å². The van der Waals surface area contributed by atoms with Gasteiger partial charge in [-0.3, -0.25) is 4.79 Å². The Morgan fingerprint density at radius 1 is 1.54 bits per heavy atom. The number of rotatable bonds is 2. The molecular formula is C10H20N2O. The lowest BCUT2D eigenvalue weighted by Crippen LogP contribution is -2.36. The van der Waals surface area contributed by atoms with Gasteiger partial charge in [-0.15, -0.1) is 0 Å². The second-order valence-corrected chi connectivity index (χ2v) is 3.79. The molecule has 1 amide bonds. The lowest BCUT2D eigenvalue weighted by atomic mass is 10.0. The van der Waals surface area contributed by atoms with Crippen molar-refractivity contribution in [3.63, 3.8) is 0 Å². The number of hydrogen-bond acceptors (Lipinski definition) is 2. The van der Waals surface area contributed by atoms with E-state index in [0.29, 0.717) is 18.9 Å². The minimum atomic E-state index is 0.278. The molecule has 3 nitrogen and oxygen atoms in total. The van der Waals surface area contributed by atoms with Crippen molar-refractivity contribution in [2.75, 3.05) is 19.6 Å². The van der Waals surface area contributed by atoms with Crippen LogP contribution in [0.4, 0.5) is 0 Å². The molecule has 1 heterocycles. The first-order valence-corrected chi connectivity index (χ1v) is 5.25. The maximum absolute atomic E-state index is 11.5. The maximum atomic E-state index is 11.5. The van der Waals surface area contributed by atoms with Crippen molar-refractivity contribution in [2.45, 2.75) is 32.6 Å².